The number of nitrogens with zero attached hydrogens (tertiary/aromatic N) is 4. The maximum absolute atomic E-state index is 13.5. The monoisotopic (exact) mass is 470 g/mol. The number of amides is 2. The predicted octanol–water partition coefficient (Wildman–Crippen LogP) is 3.66. The van der Waals surface area contributed by atoms with Gasteiger partial charge in [0.25, 0.3) is 5.91 Å². The number of hydrogen-bond acceptors (Lipinski definition) is 6. The Morgan fingerprint density at radius 1 is 1.15 bits per heavy atom. The van der Waals surface area contributed by atoms with E-state index in [0.717, 1.165) is 56.7 Å². The van der Waals surface area contributed by atoms with Crippen LogP contribution in [0.2, 0.25) is 0 Å². The molecule has 33 heavy (non-hydrogen) atoms. The summed E-state index contributed by atoms with van der Waals surface area (Å²) in [5.41, 5.74) is 0.489. The number of carbonyl (C=O) groups is 2. The molecule has 1 aromatic heterocycles. The Hall–Kier alpha value is -2.45. The van der Waals surface area contributed by atoms with E-state index in [2.05, 4.69) is 9.88 Å². The van der Waals surface area contributed by atoms with Crippen molar-refractivity contribution in [2.75, 3.05) is 39.8 Å². The fourth-order valence-corrected chi connectivity index (χ4v) is 5.84. The van der Waals surface area contributed by atoms with Crippen molar-refractivity contribution in [1.82, 2.24) is 19.7 Å². The third-order valence-electron chi connectivity index (χ3n) is 6.93. The number of aromatic nitrogens is 1. The summed E-state index contributed by atoms with van der Waals surface area (Å²) in [6.07, 6.45) is 6.99. The Kier molecular flexibility index (Phi) is 7.65. The molecule has 0 saturated carbocycles. The lowest BCUT2D eigenvalue weighted by Crippen LogP contribution is -2.52. The normalized spacial score (nSPS) is 23.3. The summed E-state index contributed by atoms with van der Waals surface area (Å²) >= 11 is 1.69. The van der Waals surface area contributed by atoms with Crippen LogP contribution in [-0.2, 0) is 11.3 Å². The largest absolute Gasteiger partial charge is 0.491 e. The molecule has 178 valence electrons. The lowest BCUT2D eigenvalue weighted by Gasteiger charge is -2.41. The predicted molar refractivity (Wildman–Crippen MR) is 129 cm³/mol. The average molecular weight is 471 g/mol. The number of rotatable bonds is 2. The maximum Gasteiger partial charge on any atom is 0.257 e. The second-order valence-electron chi connectivity index (χ2n) is 9.14. The molecule has 3 heterocycles. The lowest BCUT2D eigenvalue weighted by atomic mass is 9.88. The molecule has 4 rings (SSSR count). The highest BCUT2D eigenvalue weighted by molar-refractivity contribution is 7.09. The molecular weight excluding hydrogens is 436 g/mol. The van der Waals surface area contributed by atoms with Crippen molar-refractivity contribution in [2.45, 2.75) is 51.1 Å². The lowest BCUT2D eigenvalue weighted by molar-refractivity contribution is -0.129. The molecule has 2 aliphatic rings. The first kappa shape index (κ1) is 23.7. The molecule has 0 unspecified atom stereocenters. The maximum atomic E-state index is 13.5. The van der Waals surface area contributed by atoms with Gasteiger partial charge in [-0.1, -0.05) is 12.1 Å². The zero-order chi connectivity index (χ0) is 23.3. The van der Waals surface area contributed by atoms with E-state index in [1.54, 1.807) is 18.3 Å². The van der Waals surface area contributed by atoms with Gasteiger partial charge in [-0.25, -0.2) is 4.98 Å². The van der Waals surface area contributed by atoms with Gasteiger partial charge in [0.15, 0.2) is 0 Å². The SMILES string of the molecule is CC(=O)N1CCCC[C@@]2(CCCN2Cc2nccs2)CN(C)C(=O)c2ccccc2OCC1. The van der Waals surface area contributed by atoms with Crippen molar-refractivity contribution in [3.8, 4) is 5.75 Å². The average Bonchev–Trinajstić information content (AvgIpc) is 3.45. The number of hydrogen-bond donors (Lipinski definition) is 0. The van der Waals surface area contributed by atoms with Gasteiger partial charge >= 0.3 is 0 Å². The molecule has 1 atom stereocenters. The van der Waals surface area contributed by atoms with Gasteiger partial charge in [0.05, 0.1) is 18.7 Å². The molecule has 2 aromatic rings. The molecule has 0 radical (unpaired) electrons. The van der Waals surface area contributed by atoms with E-state index in [9.17, 15) is 9.59 Å². The van der Waals surface area contributed by atoms with Crippen molar-refractivity contribution in [2.24, 2.45) is 0 Å². The van der Waals surface area contributed by atoms with E-state index in [-0.39, 0.29) is 17.4 Å². The topological polar surface area (TPSA) is 66.0 Å². The van der Waals surface area contributed by atoms with E-state index in [1.165, 1.54) is 0 Å². The summed E-state index contributed by atoms with van der Waals surface area (Å²) in [7, 11) is 1.91. The zero-order valence-corrected chi connectivity index (χ0v) is 20.5. The fraction of sp³-hybridized carbons (Fsp3) is 0.560. The first-order chi connectivity index (χ1) is 16.0. The minimum Gasteiger partial charge on any atom is -0.491 e. The first-order valence-electron chi connectivity index (χ1n) is 11.8. The molecule has 8 heteroatoms. The number of likely N-dealkylation sites (tertiary alicyclic amines) is 1. The van der Waals surface area contributed by atoms with Crippen LogP contribution in [0, 0.1) is 0 Å². The summed E-state index contributed by atoms with van der Waals surface area (Å²) in [4.78, 5) is 36.4. The number of thiazole rings is 1. The second kappa shape index (κ2) is 10.7. The van der Waals surface area contributed by atoms with Crippen LogP contribution >= 0.6 is 11.3 Å². The van der Waals surface area contributed by atoms with Crippen molar-refractivity contribution in [1.29, 1.82) is 0 Å². The van der Waals surface area contributed by atoms with E-state index in [1.807, 2.05) is 52.7 Å². The molecule has 0 aliphatic carbocycles. The van der Waals surface area contributed by atoms with Crippen LogP contribution < -0.4 is 4.74 Å². The third-order valence-corrected chi connectivity index (χ3v) is 7.69. The Balaban J connectivity index is 1.62. The van der Waals surface area contributed by atoms with Crippen LogP contribution in [0.1, 0.15) is 54.4 Å². The number of ether oxygens (including phenoxy) is 1. The Labute approximate surface area is 200 Å². The number of fused-ring (bicyclic) bond motifs is 1. The fourth-order valence-electron chi connectivity index (χ4n) is 5.21. The molecule has 1 spiro atoms. The van der Waals surface area contributed by atoms with Gasteiger partial charge in [0.1, 0.15) is 17.4 Å². The molecule has 0 N–H and O–H groups in total. The first-order valence-corrected chi connectivity index (χ1v) is 12.7. The van der Waals surface area contributed by atoms with Crippen molar-refractivity contribution >= 4 is 23.2 Å². The quantitative estimate of drug-likeness (QED) is 0.670. The van der Waals surface area contributed by atoms with Crippen LogP contribution in [0.4, 0.5) is 0 Å². The molecular formula is C25H34N4O3S. The van der Waals surface area contributed by atoms with Gasteiger partial charge in [-0.2, -0.15) is 0 Å². The Bertz CT molecular complexity index is 951. The van der Waals surface area contributed by atoms with E-state index < -0.39 is 0 Å². The van der Waals surface area contributed by atoms with Crippen LogP contribution in [0.25, 0.3) is 0 Å². The van der Waals surface area contributed by atoms with E-state index in [4.69, 9.17) is 4.74 Å². The Morgan fingerprint density at radius 3 is 2.76 bits per heavy atom. The summed E-state index contributed by atoms with van der Waals surface area (Å²) in [6.45, 7) is 5.75. The van der Waals surface area contributed by atoms with Crippen molar-refractivity contribution in [3.63, 3.8) is 0 Å². The number of benzene rings is 1. The van der Waals surface area contributed by atoms with Crippen LogP contribution in [0.3, 0.4) is 0 Å². The minimum atomic E-state index is -0.0863. The Morgan fingerprint density at radius 2 is 1.97 bits per heavy atom. The molecule has 0 bridgehead atoms. The highest BCUT2D eigenvalue weighted by Gasteiger charge is 2.42. The van der Waals surface area contributed by atoms with Gasteiger partial charge in [0.2, 0.25) is 5.91 Å². The molecule has 1 fully saturated rings. The summed E-state index contributed by atoms with van der Waals surface area (Å²) < 4.78 is 5.98. The summed E-state index contributed by atoms with van der Waals surface area (Å²) in [5.74, 6) is 0.623. The number of para-hydroxylation sites is 1. The van der Waals surface area contributed by atoms with Gasteiger partial charge in [-0.15, -0.1) is 11.3 Å². The molecule has 7 nitrogen and oxygen atoms in total. The number of likely N-dealkylation sites (N-methyl/N-ethyl adjacent to an activating group) is 1. The standard InChI is InChI=1S/C25H34N4O3S/c1-20(30)28-13-6-5-10-25(11-7-14-29(25)18-23-26-12-17-33-23)19-27(2)24(31)21-8-3-4-9-22(21)32-16-15-28/h3-4,8-9,12,17H,5-7,10-11,13-16,18-19H2,1-2H3/t25-/m1/s1. The van der Waals surface area contributed by atoms with Gasteiger partial charge in [-0.05, 0) is 50.8 Å². The van der Waals surface area contributed by atoms with Crippen LogP contribution in [-0.4, -0.2) is 76.9 Å². The second-order valence-corrected chi connectivity index (χ2v) is 10.1. The van der Waals surface area contributed by atoms with Crippen molar-refractivity contribution in [3.05, 3.63) is 46.4 Å². The minimum absolute atomic E-state index is 0.0217. The molecule has 1 aromatic carbocycles. The highest BCUT2D eigenvalue weighted by atomic mass is 32.1. The van der Waals surface area contributed by atoms with Gasteiger partial charge in [0, 0.05) is 44.2 Å². The van der Waals surface area contributed by atoms with Gasteiger partial charge in [-0.3, -0.25) is 14.5 Å². The smallest absolute Gasteiger partial charge is 0.257 e. The molecule has 2 aliphatic heterocycles. The van der Waals surface area contributed by atoms with Crippen LogP contribution in [0.15, 0.2) is 35.8 Å². The summed E-state index contributed by atoms with van der Waals surface area (Å²) in [6, 6.07) is 7.42. The van der Waals surface area contributed by atoms with Gasteiger partial charge < -0.3 is 14.5 Å². The molecule has 2 amide bonds. The van der Waals surface area contributed by atoms with E-state index >= 15 is 0 Å². The third kappa shape index (κ3) is 5.55. The zero-order valence-electron chi connectivity index (χ0n) is 19.7. The number of carbonyl (C=O) groups excluding carboxylic acids is 2. The summed E-state index contributed by atoms with van der Waals surface area (Å²) in [5, 5.41) is 3.14. The van der Waals surface area contributed by atoms with Crippen LogP contribution in [0.5, 0.6) is 5.75 Å². The molecule has 1 saturated heterocycles. The van der Waals surface area contributed by atoms with Crippen molar-refractivity contribution < 1.29 is 14.3 Å². The highest BCUT2D eigenvalue weighted by Crippen LogP contribution is 2.37. The van der Waals surface area contributed by atoms with E-state index in [0.29, 0.717) is 31.0 Å².